The van der Waals surface area contributed by atoms with Gasteiger partial charge in [0.15, 0.2) is 5.82 Å². The van der Waals surface area contributed by atoms with Crippen LogP contribution in [0.1, 0.15) is 0 Å². The summed E-state index contributed by atoms with van der Waals surface area (Å²) in [6.45, 7) is 1.46. The predicted octanol–water partition coefficient (Wildman–Crippen LogP) is 0.0849. The van der Waals surface area contributed by atoms with Gasteiger partial charge in [-0.15, -0.1) is 0 Å². The van der Waals surface area contributed by atoms with Gasteiger partial charge in [0, 0.05) is 33.9 Å². The third-order valence-corrected chi connectivity index (χ3v) is 1.83. The zero-order chi connectivity index (χ0) is 9.84. The van der Waals surface area contributed by atoms with Crippen LogP contribution in [-0.2, 0) is 11.8 Å². The highest BCUT2D eigenvalue weighted by molar-refractivity contribution is 5.61. The lowest BCUT2D eigenvalue weighted by Gasteiger charge is -2.15. The van der Waals surface area contributed by atoms with E-state index in [0.717, 1.165) is 12.4 Å². The number of nitrogens with two attached hydrogens (primary N) is 1. The van der Waals surface area contributed by atoms with E-state index in [-0.39, 0.29) is 0 Å². The number of hydrogen-bond donors (Lipinski definition) is 1. The van der Waals surface area contributed by atoms with Crippen LogP contribution in [0.2, 0.25) is 0 Å². The average Bonchev–Trinajstić information content (AvgIpc) is 2.41. The molecule has 1 aromatic heterocycles. The lowest BCUT2D eigenvalue weighted by Crippen LogP contribution is -2.23. The molecule has 2 N–H and O–H groups in total. The van der Waals surface area contributed by atoms with Gasteiger partial charge in [-0.05, 0) is 0 Å². The quantitative estimate of drug-likeness (QED) is 0.720. The molecule has 5 heteroatoms. The number of nitrogens with zero attached hydrogens (tertiary/aromatic N) is 3. The van der Waals surface area contributed by atoms with Gasteiger partial charge in [0.25, 0.3) is 0 Å². The first-order valence-electron chi connectivity index (χ1n) is 4.14. The fraction of sp³-hybridized carbons (Fsp3) is 0.625. The summed E-state index contributed by atoms with van der Waals surface area (Å²) in [5, 5.41) is 4.23. The predicted molar refractivity (Wildman–Crippen MR) is 52.8 cm³/mol. The Kier molecular flexibility index (Phi) is 3.13. The van der Waals surface area contributed by atoms with Crippen LogP contribution >= 0.6 is 0 Å². The highest BCUT2D eigenvalue weighted by Gasteiger charge is 2.08. The molecule has 0 fully saturated rings. The Bertz CT molecular complexity index is 271. The molecule has 0 atom stereocenters. The van der Waals surface area contributed by atoms with Gasteiger partial charge in [-0.2, -0.15) is 5.10 Å². The Morgan fingerprint density at radius 3 is 2.85 bits per heavy atom. The molecule has 0 aliphatic rings. The second kappa shape index (κ2) is 4.13. The third-order valence-electron chi connectivity index (χ3n) is 1.83. The topological polar surface area (TPSA) is 56.3 Å². The lowest BCUT2D eigenvalue weighted by atomic mass is 10.4. The maximum atomic E-state index is 5.75. The Labute approximate surface area is 78.1 Å². The van der Waals surface area contributed by atoms with Crippen LogP contribution in [0.4, 0.5) is 11.5 Å². The second-order valence-corrected chi connectivity index (χ2v) is 3.00. The fourth-order valence-electron chi connectivity index (χ4n) is 1.13. The van der Waals surface area contributed by atoms with E-state index in [1.165, 1.54) is 0 Å². The average molecular weight is 184 g/mol. The SMILES string of the molecule is COCCN(C)c1nn(C)cc1N. The van der Waals surface area contributed by atoms with Gasteiger partial charge in [-0.1, -0.05) is 0 Å². The van der Waals surface area contributed by atoms with E-state index in [4.69, 9.17) is 10.5 Å². The molecule has 0 bridgehead atoms. The van der Waals surface area contributed by atoms with Crippen molar-refractivity contribution >= 4 is 11.5 Å². The lowest BCUT2D eigenvalue weighted by molar-refractivity contribution is 0.206. The Morgan fingerprint density at radius 2 is 2.38 bits per heavy atom. The Hall–Kier alpha value is -1.23. The van der Waals surface area contributed by atoms with Gasteiger partial charge >= 0.3 is 0 Å². The van der Waals surface area contributed by atoms with Gasteiger partial charge in [-0.3, -0.25) is 4.68 Å². The molecule has 0 saturated heterocycles. The Balaban J connectivity index is 2.64. The van der Waals surface area contributed by atoms with Crippen LogP contribution in [0.25, 0.3) is 0 Å². The van der Waals surface area contributed by atoms with Crippen molar-refractivity contribution in [3.63, 3.8) is 0 Å². The zero-order valence-electron chi connectivity index (χ0n) is 8.32. The number of aryl methyl sites for hydroxylation is 1. The first kappa shape index (κ1) is 9.85. The minimum Gasteiger partial charge on any atom is -0.394 e. The molecular formula is C8H16N4O. The van der Waals surface area contributed by atoms with Crippen LogP contribution in [0.3, 0.4) is 0 Å². The van der Waals surface area contributed by atoms with E-state index in [0.29, 0.717) is 12.3 Å². The van der Waals surface area contributed by atoms with Crippen molar-refractivity contribution in [2.24, 2.45) is 7.05 Å². The molecule has 1 aromatic rings. The standard InChI is InChI=1S/C8H16N4O/c1-11(4-5-13-3)8-7(9)6-12(2)10-8/h6H,4-5,9H2,1-3H3. The monoisotopic (exact) mass is 184 g/mol. The van der Waals surface area contributed by atoms with Gasteiger partial charge < -0.3 is 15.4 Å². The molecule has 0 saturated carbocycles. The summed E-state index contributed by atoms with van der Waals surface area (Å²) < 4.78 is 6.67. The maximum Gasteiger partial charge on any atom is 0.173 e. The first-order valence-corrected chi connectivity index (χ1v) is 4.14. The van der Waals surface area contributed by atoms with Crippen LogP contribution in [-0.4, -0.2) is 37.1 Å². The van der Waals surface area contributed by atoms with Gasteiger partial charge in [0.2, 0.25) is 0 Å². The summed E-state index contributed by atoms with van der Waals surface area (Å²) in [5.74, 6) is 0.805. The van der Waals surface area contributed by atoms with Crippen LogP contribution in [0.15, 0.2) is 6.20 Å². The highest BCUT2D eigenvalue weighted by atomic mass is 16.5. The highest BCUT2D eigenvalue weighted by Crippen LogP contribution is 2.17. The van der Waals surface area contributed by atoms with Crippen LogP contribution in [0.5, 0.6) is 0 Å². The van der Waals surface area contributed by atoms with E-state index >= 15 is 0 Å². The van der Waals surface area contributed by atoms with Crippen LogP contribution < -0.4 is 10.6 Å². The van der Waals surface area contributed by atoms with Gasteiger partial charge in [0.05, 0.1) is 12.3 Å². The maximum absolute atomic E-state index is 5.75. The largest absolute Gasteiger partial charge is 0.394 e. The fourth-order valence-corrected chi connectivity index (χ4v) is 1.13. The molecule has 1 heterocycles. The molecule has 0 amide bonds. The third kappa shape index (κ3) is 2.35. The summed E-state index contributed by atoms with van der Waals surface area (Å²) in [4.78, 5) is 1.97. The number of likely N-dealkylation sites (N-methyl/N-ethyl adjacent to an activating group) is 1. The molecular weight excluding hydrogens is 168 g/mol. The number of anilines is 2. The van der Waals surface area contributed by atoms with Crippen molar-refractivity contribution in [1.82, 2.24) is 9.78 Å². The van der Waals surface area contributed by atoms with Crippen molar-refractivity contribution < 1.29 is 4.74 Å². The number of nitrogen functional groups attached to an aromatic ring is 1. The smallest absolute Gasteiger partial charge is 0.173 e. The van der Waals surface area contributed by atoms with E-state index in [1.807, 2.05) is 19.0 Å². The summed E-state index contributed by atoms with van der Waals surface area (Å²) in [6, 6.07) is 0. The van der Waals surface area contributed by atoms with E-state index < -0.39 is 0 Å². The van der Waals surface area contributed by atoms with E-state index in [9.17, 15) is 0 Å². The number of aromatic nitrogens is 2. The van der Waals surface area contributed by atoms with Gasteiger partial charge in [0.1, 0.15) is 0 Å². The Morgan fingerprint density at radius 1 is 1.69 bits per heavy atom. The molecule has 0 aliphatic carbocycles. The number of methoxy groups -OCH3 is 1. The molecule has 1 rings (SSSR count). The van der Waals surface area contributed by atoms with Crippen molar-refractivity contribution in [3.05, 3.63) is 6.20 Å². The molecule has 5 nitrogen and oxygen atoms in total. The summed E-state index contributed by atoms with van der Waals surface area (Å²) in [5.41, 5.74) is 6.44. The second-order valence-electron chi connectivity index (χ2n) is 3.00. The number of hydrogen-bond acceptors (Lipinski definition) is 4. The molecule has 0 unspecified atom stereocenters. The summed E-state index contributed by atoms with van der Waals surface area (Å²) >= 11 is 0. The van der Waals surface area contributed by atoms with Crippen molar-refractivity contribution in [2.75, 3.05) is 37.9 Å². The van der Waals surface area contributed by atoms with Crippen molar-refractivity contribution in [1.29, 1.82) is 0 Å². The molecule has 13 heavy (non-hydrogen) atoms. The minimum atomic E-state index is 0.673. The molecule has 74 valence electrons. The van der Waals surface area contributed by atoms with E-state index in [2.05, 4.69) is 5.10 Å². The van der Waals surface area contributed by atoms with Gasteiger partial charge in [-0.25, -0.2) is 0 Å². The molecule has 0 aromatic carbocycles. The molecule has 0 spiro atoms. The summed E-state index contributed by atoms with van der Waals surface area (Å²) in [6.07, 6.45) is 1.79. The van der Waals surface area contributed by atoms with Crippen LogP contribution in [0, 0.1) is 0 Å². The summed E-state index contributed by atoms with van der Waals surface area (Å²) in [7, 11) is 5.47. The first-order chi connectivity index (χ1) is 6.15. The number of ether oxygens (including phenoxy) is 1. The zero-order valence-corrected chi connectivity index (χ0v) is 8.32. The number of rotatable bonds is 4. The van der Waals surface area contributed by atoms with Crippen molar-refractivity contribution in [3.8, 4) is 0 Å². The molecule has 0 aliphatic heterocycles. The normalized spacial score (nSPS) is 10.4. The minimum absolute atomic E-state index is 0.673. The molecule has 0 radical (unpaired) electrons. The van der Waals surface area contributed by atoms with E-state index in [1.54, 1.807) is 18.0 Å². The van der Waals surface area contributed by atoms with Crippen molar-refractivity contribution in [2.45, 2.75) is 0 Å².